The zero-order valence-electron chi connectivity index (χ0n) is 18.1. The van der Waals surface area contributed by atoms with E-state index in [0.717, 1.165) is 57.3 Å². The van der Waals surface area contributed by atoms with Crippen LogP contribution in [0, 0.1) is 5.82 Å². The van der Waals surface area contributed by atoms with Gasteiger partial charge >= 0.3 is 0 Å². The predicted octanol–water partition coefficient (Wildman–Crippen LogP) is 3.29. The molecular weight excluding hydrogens is 411 g/mol. The van der Waals surface area contributed by atoms with Gasteiger partial charge in [0.1, 0.15) is 12.4 Å². The van der Waals surface area contributed by atoms with Crippen LogP contribution in [-0.4, -0.2) is 35.5 Å². The van der Waals surface area contributed by atoms with Gasteiger partial charge in [0.2, 0.25) is 5.91 Å². The van der Waals surface area contributed by atoms with Crippen molar-refractivity contribution in [2.24, 2.45) is 0 Å². The van der Waals surface area contributed by atoms with Crippen LogP contribution >= 0.6 is 0 Å². The van der Waals surface area contributed by atoms with Crippen LogP contribution in [0.5, 0.6) is 0 Å². The van der Waals surface area contributed by atoms with E-state index in [2.05, 4.69) is 15.5 Å². The van der Waals surface area contributed by atoms with Crippen LogP contribution in [0.15, 0.2) is 41.3 Å². The summed E-state index contributed by atoms with van der Waals surface area (Å²) in [7, 11) is 0. The molecule has 32 heavy (non-hydrogen) atoms. The molecule has 1 saturated carbocycles. The fraction of sp³-hybridized carbons (Fsp3) is 0.458. The molecule has 2 fully saturated rings. The quantitative estimate of drug-likeness (QED) is 0.722. The van der Waals surface area contributed by atoms with Gasteiger partial charge in [0.15, 0.2) is 0 Å². The third-order valence-electron chi connectivity index (χ3n) is 6.18. The molecule has 0 atom stereocenters. The van der Waals surface area contributed by atoms with Crippen molar-refractivity contribution in [3.8, 4) is 0 Å². The van der Waals surface area contributed by atoms with Crippen molar-refractivity contribution >= 4 is 23.2 Å². The van der Waals surface area contributed by atoms with Crippen molar-refractivity contribution < 1.29 is 14.0 Å². The van der Waals surface area contributed by atoms with E-state index < -0.39 is 11.7 Å². The Hall–Kier alpha value is -3.16. The molecule has 1 aliphatic carbocycles. The first-order valence-corrected chi connectivity index (χ1v) is 11.4. The monoisotopic (exact) mass is 440 g/mol. The number of amides is 2. The van der Waals surface area contributed by atoms with Crippen molar-refractivity contribution in [3.05, 3.63) is 58.3 Å². The number of benzene rings is 1. The maximum atomic E-state index is 13.9. The van der Waals surface area contributed by atoms with Crippen LogP contribution in [0.2, 0.25) is 0 Å². The number of nitrogens with zero attached hydrogens (tertiary/aromatic N) is 2. The van der Waals surface area contributed by atoms with Gasteiger partial charge in [-0.1, -0.05) is 19.3 Å². The van der Waals surface area contributed by atoms with E-state index in [1.165, 1.54) is 41.5 Å². The number of hydrogen-bond donors (Lipinski definition) is 2. The van der Waals surface area contributed by atoms with E-state index in [1.54, 1.807) is 6.07 Å². The molecule has 1 saturated heterocycles. The number of carbonyl (C=O) groups is 2. The molecule has 2 aromatic rings. The van der Waals surface area contributed by atoms with Crippen LogP contribution in [0.3, 0.4) is 0 Å². The molecule has 1 aromatic carbocycles. The van der Waals surface area contributed by atoms with E-state index >= 15 is 0 Å². The highest BCUT2D eigenvalue weighted by atomic mass is 19.1. The minimum absolute atomic E-state index is 0.143. The Bertz CT molecular complexity index is 1040. The predicted molar refractivity (Wildman–Crippen MR) is 122 cm³/mol. The lowest BCUT2D eigenvalue weighted by molar-refractivity contribution is -0.122. The SMILES string of the molecule is O=C(Cn1cc(C(=O)Nc2cc(F)ccc2N2CCCC2)ccc1=O)NC1CCCCC1. The van der Waals surface area contributed by atoms with Crippen molar-refractivity contribution in [1.82, 2.24) is 9.88 Å². The van der Waals surface area contributed by atoms with Crippen molar-refractivity contribution in [2.75, 3.05) is 23.3 Å². The summed E-state index contributed by atoms with van der Waals surface area (Å²) in [5.74, 6) is -1.14. The Kier molecular flexibility index (Phi) is 6.87. The minimum atomic E-state index is -0.461. The molecule has 2 amide bonds. The molecule has 0 radical (unpaired) electrons. The average Bonchev–Trinajstić information content (AvgIpc) is 3.30. The summed E-state index contributed by atoms with van der Waals surface area (Å²) >= 11 is 0. The summed E-state index contributed by atoms with van der Waals surface area (Å²) in [6.07, 6.45) is 8.78. The Balaban J connectivity index is 1.47. The van der Waals surface area contributed by atoms with Gasteiger partial charge in [-0.05, 0) is 49.9 Å². The second-order valence-corrected chi connectivity index (χ2v) is 8.60. The van der Waals surface area contributed by atoms with Gasteiger partial charge in [-0.15, -0.1) is 0 Å². The molecule has 8 heteroatoms. The maximum absolute atomic E-state index is 13.9. The first-order chi connectivity index (χ1) is 15.5. The van der Waals surface area contributed by atoms with Gasteiger partial charge in [0.05, 0.1) is 16.9 Å². The number of aromatic nitrogens is 1. The lowest BCUT2D eigenvalue weighted by atomic mass is 9.95. The minimum Gasteiger partial charge on any atom is -0.370 e. The highest BCUT2D eigenvalue weighted by Gasteiger charge is 2.19. The fourth-order valence-corrected chi connectivity index (χ4v) is 4.50. The van der Waals surface area contributed by atoms with Crippen LogP contribution in [0.1, 0.15) is 55.3 Å². The van der Waals surface area contributed by atoms with Crippen LogP contribution in [-0.2, 0) is 11.3 Å². The highest BCUT2D eigenvalue weighted by Crippen LogP contribution is 2.30. The molecule has 0 bridgehead atoms. The number of halogens is 1. The summed E-state index contributed by atoms with van der Waals surface area (Å²) < 4.78 is 15.1. The first-order valence-electron chi connectivity index (χ1n) is 11.4. The van der Waals surface area contributed by atoms with Gasteiger partial charge < -0.3 is 20.1 Å². The Labute approximate surface area is 186 Å². The summed E-state index contributed by atoms with van der Waals surface area (Å²) in [5.41, 5.74) is 1.04. The highest BCUT2D eigenvalue weighted by molar-refractivity contribution is 6.05. The van der Waals surface area contributed by atoms with Gasteiger partial charge in [-0.25, -0.2) is 4.39 Å². The second kappa shape index (κ2) is 9.97. The normalized spacial score (nSPS) is 16.7. The Morgan fingerprint density at radius 3 is 2.50 bits per heavy atom. The smallest absolute Gasteiger partial charge is 0.257 e. The number of rotatable bonds is 6. The summed E-state index contributed by atoms with van der Waals surface area (Å²) in [4.78, 5) is 39.7. The number of nitrogens with one attached hydrogen (secondary N) is 2. The third-order valence-corrected chi connectivity index (χ3v) is 6.18. The first kappa shape index (κ1) is 22.0. The van der Waals surface area contributed by atoms with E-state index in [1.807, 2.05) is 0 Å². The Morgan fingerprint density at radius 2 is 1.75 bits per heavy atom. The number of anilines is 2. The van der Waals surface area contributed by atoms with Gasteiger partial charge in [-0.2, -0.15) is 0 Å². The number of hydrogen-bond acceptors (Lipinski definition) is 4. The average molecular weight is 441 g/mol. The summed E-state index contributed by atoms with van der Waals surface area (Å²) in [5, 5.41) is 5.76. The van der Waals surface area contributed by atoms with E-state index in [-0.39, 0.29) is 29.6 Å². The van der Waals surface area contributed by atoms with Crippen molar-refractivity contribution in [1.29, 1.82) is 0 Å². The summed E-state index contributed by atoms with van der Waals surface area (Å²) in [6.45, 7) is 1.57. The topological polar surface area (TPSA) is 83.4 Å². The standard InChI is InChI=1S/C24H29FN4O3/c25-18-9-10-21(28-12-4-5-13-28)20(14-18)27-24(32)17-8-11-23(31)29(15-17)16-22(30)26-19-6-2-1-3-7-19/h8-11,14-15,19H,1-7,12-13,16H2,(H,26,30)(H,27,32). The maximum Gasteiger partial charge on any atom is 0.257 e. The molecule has 7 nitrogen and oxygen atoms in total. The molecule has 2 aliphatic rings. The van der Waals surface area contributed by atoms with Gasteiger partial charge in [0, 0.05) is 31.4 Å². The van der Waals surface area contributed by atoms with Crippen molar-refractivity contribution in [2.45, 2.75) is 57.5 Å². The molecule has 4 rings (SSSR count). The van der Waals surface area contributed by atoms with Crippen LogP contribution in [0.4, 0.5) is 15.8 Å². The molecular formula is C24H29FN4O3. The largest absolute Gasteiger partial charge is 0.370 e. The van der Waals surface area contributed by atoms with E-state index in [9.17, 15) is 18.8 Å². The lowest BCUT2D eigenvalue weighted by Crippen LogP contribution is -2.39. The van der Waals surface area contributed by atoms with E-state index in [0.29, 0.717) is 5.69 Å². The van der Waals surface area contributed by atoms with Gasteiger partial charge in [0.25, 0.3) is 11.5 Å². The lowest BCUT2D eigenvalue weighted by Gasteiger charge is -2.23. The zero-order chi connectivity index (χ0) is 22.5. The van der Waals surface area contributed by atoms with Crippen molar-refractivity contribution in [3.63, 3.8) is 0 Å². The van der Waals surface area contributed by atoms with E-state index in [4.69, 9.17) is 0 Å². The molecule has 2 heterocycles. The molecule has 1 aliphatic heterocycles. The Morgan fingerprint density at radius 1 is 1.00 bits per heavy atom. The number of carbonyl (C=O) groups excluding carboxylic acids is 2. The second-order valence-electron chi connectivity index (χ2n) is 8.60. The number of pyridine rings is 1. The summed E-state index contributed by atoms with van der Waals surface area (Å²) in [6, 6.07) is 7.20. The molecule has 0 spiro atoms. The molecule has 2 N–H and O–H groups in total. The van der Waals surface area contributed by atoms with Gasteiger partial charge in [-0.3, -0.25) is 14.4 Å². The zero-order valence-corrected chi connectivity index (χ0v) is 18.1. The molecule has 170 valence electrons. The fourth-order valence-electron chi connectivity index (χ4n) is 4.50. The molecule has 1 aromatic heterocycles. The third kappa shape index (κ3) is 5.36. The molecule has 0 unspecified atom stereocenters. The van der Waals surface area contributed by atoms with Crippen LogP contribution < -0.4 is 21.1 Å². The van der Waals surface area contributed by atoms with Crippen LogP contribution in [0.25, 0.3) is 0 Å².